The van der Waals surface area contributed by atoms with E-state index in [4.69, 9.17) is 10.5 Å². The van der Waals surface area contributed by atoms with Crippen LogP contribution in [0.2, 0.25) is 0 Å². The van der Waals surface area contributed by atoms with Crippen molar-refractivity contribution in [3.63, 3.8) is 0 Å². The van der Waals surface area contributed by atoms with E-state index in [-0.39, 0.29) is 5.91 Å². The summed E-state index contributed by atoms with van der Waals surface area (Å²) in [5.41, 5.74) is 8.56. The highest BCUT2D eigenvalue weighted by atomic mass is 16.5. The quantitative estimate of drug-likeness (QED) is 0.742. The van der Waals surface area contributed by atoms with E-state index in [9.17, 15) is 4.79 Å². The topological polar surface area (TPSA) is 76.4 Å². The van der Waals surface area contributed by atoms with Crippen LogP contribution in [0.1, 0.15) is 23.2 Å². The number of methoxy groups -OCH3 is 1. The highest BCUT2D eigenvalue weighted by Crippen LogP contribution is 2.26. The molecule has 2 aromatic carbocycles. The third-order valence-electron chi connectivity index (χ3n) is 3.57. The van der Waals surface area contributed by atoms with Gasteiger partial charge < -0.3 is 21.1 Å². The molecule has 1 fully saturated rings. The molecule has 5 heteroatoms. The molecule has 0 aromatic heterocycles. The van der Waals surface area contributed by atoms with Gasteiger partial charge in [-0.1, -0.05) is 0 Å². The number of anilines is 3. The van der Waals surface area contributed by atoms with Crippen LogP contribution in [0.5, 0.6) is 5.75 Å². The van der Waals surface area contributed by atoms with E-state index in [1.165, 1.54) is 0 Å². The van der Waals surface area contributed by atoms with Crippen LogP contribution in [0.4, 0.5) is 17.1 Å². The number of nitrogens with two attached hydrogens (primary N) is 1. The Balaban J connectivity index is 1.83. The van der Waals surface area contributed by atoms with Crippen molar-refractivity contribution in [3.05, 3.63) is 48.0 Å². The third kappa shape index (κ3) is 3.31. The lowest BCUT2D eigenvalue weighted by molar-refractivity contribution is 0.0952. The number of rotatable bonds is 5. The molecule has 1 amide bonds. The zero-order valence-electron chi connectivity index (χ0n) is 12.4. The molecule has 1 saturated carbocycles. The van der Waals surface area contributed by atoms with Gasteiger partial charge in [-0.2, -0.15) is 0 Å². The molecule has 1 aliphatic rings. The molecule has 0 atom stereocenters. The number of ether oxygens (including phenoxy) is 1. The predicted octanol–water partition coefficient (Wildman–Crippen LogP) is 2.91. The van der Waals surface area contributed by atoms with Crippen molar-refractivity contribution in [1.82, 2.24) is 5.32 Å². The van der Waals surface area contributed by atoms with Gasteiger partial charge in [0.05, 0.1) is 18.4 Å². The monoisotopic (exact) mass is 297 g/mol. The number of carbonyl (C=O) groups is 1. The molecule has 22 heavy (non-hydrogen) atoms. The Morgan fingerprint density at radius 3 is 2.55 bits per heavy atom. The Morgan fingerprint density at radius 2 is 1.91 bits per heavy atom. The molecule has 0 unspecified atom stereocenters. The van der Waals surface area contributed by atoms with Crippen molar-refractivity contribution in [2.45, 2.75) is 18.9 Å². The van der Waals surface area contributed by atoms with E-state index >= 15 is 0 Å². The molecule has 1 aliphatic carbocycles. The van der Waals surface area contributed by atoms with Crippen molar-refractivity contribution in [1.29, 1.82) is 0 Å². The smallest absolute Gasteiger partial charge is 0.253 e. The lowest BCUT2D eigenvalue weighted by atomic mass is 10.1. The minimum absolute atomic E-state index is 0.0918. The van der Waals surface area contributed by atoms with Crippen molar-refractivity contribution >= 4 is 23.0 Å². The molecule has 0 radical (unpaired) electrons. The number of amides is 1. The zero-order valence-corrected chi connectivity index (χ0v) is 12.4. The Labute approximate surface area is 129 Å². The molecular formula is C17H19N3O2. The van der Waals surface area contributed by atoms with Crippen molar-refractivity contribution in [3.8, 4) is 5.75 Å². The first-order valence-corrected chi connectivity index (χ1v) is 7.27. The van der Waals surface area contributed by atoms with Gasteiger partial charge in [0.2, 0.25) is 0 Å². The summed E-state index contributed by atoms with van der Waals surface area (Å²) < 4.78 is 5.14. The Morgan fingerprint density at radius 1 is 1.18 bits per heavy atom. The molecule has 3 rings (SSSR count). The fourth-order valence-electron chi connectivity index (χ4n) is 2.18. The fraction of sp³-hybridized carbons (Fsp3) is 0.235. The van der Waals surface area contributed by atoms with Gasteiger partial charge in [0.25, 0.3) is 5.91 Å². The Bertz CT molecular complexity index is 679. The molecule has 0 saturated heterocycles. The number of nitrogens with one attached hydrogen (secondary N) is 2. The van der Waals surface area contributed by atoms with Crippen LogP contribution < -0.4 is 21.1 Å². The highest BCUT2D eigenvalue weighted by Gasteiger charge is 2.25. The molecule has 0 aliphatic heterocycles. The predicted molar refractivity (Wildman–Crippen MR) is 87.6 cm³/mol. The summed E-state index contributed by atoms with van der Waals surface area (Å²) in [5.74, 6) is 0.695. The average molecular weight is 297 g/mol. The van der Waals surface area contributed by atoms with E-state index in [1.807, 2.05) is 30.3 Å². The Kier molecular flexibility index (Phi) is 3.87. The normalized spacial score (nSPS) is 13.5. The van der Waals surface area contributed by atoms with E-state index in [2.05, 4.69) is 10.6 Å². The molecule has 114 valence electrons. The number of hydrogen-bond acceptors (Lipinski definition) is 4. The highest BCUT2D eigenvalue weighted by molar-refractivity contribution is 6.01. The minimum atomic E-state index is -0.0918. The van der Waals surface area contributed by atoms with Crippen LogP contribution in [-0.2, 0) is 0 Å². The van der Waals surface area contributed by atoms with E-state index < -0.39 is 0 Å². The number of hydrogen-bond donors (Lipinski definition) is 3. The zero-order chi connectivity index (χ0) is 15.5. The van der Waals surface area contributed by atoms with Crippen molar-refractivity contribution in [2.75, 3.05) is 18.2 Å². The maximum atomic E-state index is 12.3. The summed E-state index contributed by atoms with van der Waals surface area (Å²) in [4.78, 5) is 12.3. The molecule has 5 nitrogen and oxygen atoms in total. The maximum absolute atomic E-state index is 12.3. The number of benzene rings is 2. The summed E-state index contributed by atoms with van der Waals surface area (Å²) in [6.07, 6.45) is 2.10. The van der Waals surface area contributed by atoms with Crippen LogP contribution in [0.15, 0.2) is 42.5 Å². The number of carbonyl (C=O) groups excluding carboxylic acids is 1. The maximum Gasteiger partial charge on any atom is 0.253 e. The van der Waals surface area contributed by atoms with Gasteiger partial charge in [-0.3, -0.25) is 4.79 Å². The van der Waals surface area contributed by atoms with Crippen LogP contribution >= 0.6 is 0 Å². The van der Waals surface area contributed by atoms with Crippen LogP contribution in [0.25, 0.3) is 0 Å². The lowest BCUT2D eigenvalue weighted by Gasteiger charge is -2.13. The first-order chi connectivity index (χ1) is 10.7. The van der Waals surface area contributed by atoms with Gasteiger partial charge >= 0.3 is 0 Å². The van der Waals surface area contributed by atoms with E-state index in [1.54, 1.807) is 19.2 Å². The van der Waals surface area contributed by atoms with Crippen molar-refractivity contribution < 1.29 is 9.53 Å². The van der Waals surface area contributed by atoms with E-state index in [0.29, 0.717) is 17.3 Å². The summed E-state index contributed by atoms with van der Waals surface area (Å²) in [7, 11) is 1.63. The second kappa shape index (κ2) is 5.97. The van der Waals surface area contributed by atoms with Gasteiger partial charge in [-0.15, -0.1) is 0 Å². The second-order valence-electron chi connectivity index (χ2n) is 5.41. The van der Waals surface area contributed by atoms with Gasteiger partial charge in [-0.05, 0) is 55.3 Å². The SMILES string of the molecule is COc1ccc(Nc2ccc(N)cc2C(=O)NC2CC2)cc1. The fourth-order valence-corrected chi connectivity index (χ4v) is 2.18. The van der Waals surface area contributed by atoms with E-state index in [0.717, 1.165) is 30.0 Å². The van der Waals surface area contributed by atoms with Crippen LogP contribution in [0, 0.1) is 0 Å². The minimum Gasteiger partial charge on any atom is -0.497 e. The summed E-state index contributed by atoms with van der Waals surface area (Å²) in [5, 5.41) is 6.24. The Hall–Kier alpha value is -2.69. The third-order valence-corrected chi connectivity index (χ3v) is 3.57. The molecule has 4 N–H and O–H groups in total. The second-order valence-corrected chi connectivity index (χ2v) is 5.41. The largest absolute Gasteiger partial charge is 0.497 e. The standard InChI is InChI=1S/C17H19N3O2/c1-22-14-7-5-12(6-8-14)19-16-9-2-11(18)10-15(16)17(21)20-13-3-4-13/h2,5-10,13,19H,3-4,18H2,1H3,(H,20,21). The average Bonchev–Trinajstić information content (AvgIpc) is 3.33. The molecule has 0 bridgehead atoms. The molecule has 0 spiro atoms. The molecular weight excluding hydrogens is 278 g/mol. The molecule has 2 aromatic rings. The van der Waals surface area contributed by atoms with Crippen molar-refractivity contribution in [2.24, 2.45) is 0 Å². The van der Waals surface area contributed by atoms with Gasteiger partial charge in [0.1, 0.15) is 5.75 Å². The lowest BCUT2D eigenvalue weighted by Crippen LogP contribution is -2.26. The summed E-state index contributed by atoms with van der Waals surface area (Å²) >= 11 is 0. The van der Waals surface area contributed by atoms with Crippen LogP contribution in [-0.4, -0.2) is 19.1 Å². The number of nitrogen functional groups attached to an aromatic ring is 1. The van der Waals surface area contributed by atoms with Gasteiger partial charge in [0, 0.05) is 17.4 Å². The van der Waals surface area contributed by atoms with Gasteiger partial charge in [-0.25, -0.2) is 0 Å². The van der Waals surface area contributed by atoms with Gasteiger partial charge in [0.15, 0.2) is 0 Å². The first-order valence-electron chi connectivity index (χ1n) is 7.27. The summed E-state index contributed by atoms with van der Waals surface area (Å²) in [6, 6.07) is 13.1. The molecule has 0 heterocycles. The first kappa shape index (κ1) is 14.3. The summed E-state index contributed by atoms with van der Waals surface area (Å²) in [6.45, 7) is 0. The van der Waals surface area contributed by atoms with Crippen LogP contribution in [0.3, 0.4) is 0 Å².